The highest BCUT2D eigenvalue weighted by Gasteiger charge is 2.39. The first-order chi connectivity index (χ1) is 7.12. The van der Waals surface area contributed by atoms with Gasteiger partial charge in [0, 0.05) is 5.92 Å². The highest BCUT2D eigenvalue weighted by Crippen LogP contribution is 2.32. The monoisotopic (exact) mass is 209 g/mol. The molecule has 0 spiro atoms. The van der Waals surface area contributed by atoms with Crippen LogP contribution in [0.25, 0.3) is 0 Å². The van der Waals surface area contributed by atoms with E-state index in [0.717, 1.165) is 12.2 Å². The Hall–Kier alpha value is -1.29. The Morgan fingerprint density at radius 3 is 3.13 bits per heavy atom. The van der Waals surface area contributed by atoms with Crippen molar-refractivity contribution in [2.24, 2.45) is 0 Å². The first-order valence-corrected chi connectivity index (χ1v) is 5.14. The highest BCUT2D eigenvalue weighted by molar-refractivity contribution is 5.78. The Kier molecular flexibility index (Phi) is 2.52. The Balaban J connectivity index is 2.14. The number of carboxylic acids is 1. The minimum atomic E-state index is -0.824. The van der Waals surface area contributed by atoms with E-state index in [1.54, 1.807) is 13.2 Å². The third kappa shape index (κ3) is 1.90. The summed E-state index contributed by atoms with van der Waals surface area (Å²) in [6.45, 7) is 2.44. The van der Waals surface area contributed by atoms with Crippen LogP contribution in [0, 0.1) is 0 Å². The van der Waals surface area contributed by atoms with Crippen LogP contribution in [0.3, 0.4) is 0 Å². The second-order valence-corrected chi connectivity index (χ2v) is 4.27. The van der Waals surface area contributed by atoms with Gasteiger partial charge in [0.2, 0.25) is 0 Å². The molecule has 1 aliphatic heterocycles. The van der Waals surface area contributed by atoms with Gasteiger partial charge in [-0.3, -0.25) is 4.79 Å². The summed E-state index contributed by atoms with van der Waals surface area (Å²) in [4.78, 5) is 11.1. The zero-order valence-electron chi connectivity index (χ0n) is 8.69. The topological polar surface area (TPSA) is 62.5 Å². The molecule has 2 atom stereocenters. The molecule has 2 N–H and O–H groups in total. The molecule has 0 aliphatic carbocycles. The minimum Gasteiger partial charge on any atom is -0.480 e. The van der Waals surface area contributed by atoms with E-state index in [9.17, 15) is 4.79 Å². The van der Waals surface area contributed by atoms with Gasteiger partial charge in [-0.05, 0) is 38.4 Å². The molecule has 4 nitrogen and oxygen atoms in total. The van der Waals surface area contributed by atoms with Crippen molar-refractivity contribution in [1.82, 2.24) is 5.32 Å². The smallest absolute Gasteiger partial charge is 0.323 e. The van der Waals surface area contributed by atoms with E-state index < -0.39 is 11.5 Å². The number of carboxylic acid groups (broad SMARTS) is 1. The second-order valence-electron chi connectivity index (χ2n) is 4.27. The number of rotatable bonds is 2. The molecule has 1 fully saturated rings. The summed E-state index contributed by atoms with van der Waals surface area (Å²) in [6, 6.07) is 3.76. The van der Waals surface area contributed by atoms with E-state index in [4.69, 9.17) is 9.52 Å². The predicted octanol–water partition coefficient (Wildman–Crippen LogP) is 1.59. The standard InChI is InChI=1S/C11H15NO3/c1-11(10(13)14)7-8(4-5-12-11)9-3-2-6-15-9/h2-3,6,8,12H,4-5,7H2,1H3,(H,13,14). The first kappa shape index (κ1) is 10.2. The van der Waals surface area contributed by atoms with Crippen molar-refractivity contribution in [2.45, 2.75) is 31.2 Å². The maximum atomic E-state index is 11.1. The van der Waals surface area contributed by atoms with E-state index in [-0.39, 0.29) is 5.92 Å². The Labute approximate surface area is 88.3 Å². The number of aliphatic carboxylic acids is 1. The van der Waals surface area contributed by atoms with Gasteiger partial charge in [-0.25, -0.2) is 0 Å². The van der Waals surface area contributed by atoms with Crippen LogP contribution in [0.1, 0.15) is 31.4 Å². The van der Waals surface area contributed by atoms with Crippen LogP contribution in [-0.4, -0.2) is 23.2 Å². The SMILES string of the molecule is CC1(C(=O)O)CC(c2ccco2)CCN1. The Morgan fingerprint density at radius 2 is 2.53 bits per heavy atom. The predicted molar refractivity (Wildman–Crippen MR) is 54.7 cm³/mol. The normalized spacial score (nSPS) is 31.4. The molecule has 1 aromatic rings. The lowest BCUT2D eigenvalue weighted by atomic mass is 9.82. The fraction of sp³-hybridized carbons (Fsp3) is 0.545. The molecule has 0 amide bonds. The molecular formula is C11H15NO3. The van der Waals surface area contributed by atoms with Gasteiger partial charge >= 0.3 is 5.97 Å². The average molecular weight is 209 g/mol. The van der Waals surface area contributed by atoms with Crippen molar-refractivity contribution in [2.75, 3.05) is 6.54 Å². The van der Waals surface area contributed by atoms with Gasteiger partial charge in [0.1, 0.15) is 11.3 Å². The summed E-state index contributed by atoms with van der Waals surface area (Å²) >= 11 is 0. The lowest BCUT2D eigenvalue weighted by Crippen LogP contribution is -2.53. The second kappa shape index (κ2) is 3.70. The number of carbonyl (C=O) groups is 1. The van der Waals surface area contributed by atoms with Crippen LogP contribution >= 0.6 is 0 Å². The fourth-order valence-electron chi connectivity index (χ4n) is 2.12. The van der Waals surface area contributed by atoms with E-state index in [0.29, 0.717) is 13.0 Å². The number of furan rings is 1. The molecule has 0 saturated carbocycles. The van der Waals surface area contributed by atoms with Crippen molar-refractivity contribution in [3.63, 3.8) is 0 Å². The molecule has 0 radical (unpaired) electrons. The largest absolute Gasteiger partial charge is 0.480 e. The Bertz CT molecular complexity index is 347. The highest BCUT2D eigenvalue weighted by atomic mass is 16.4. The Morgan fingerprint density at radius 1 is 1.73 bits per heavy atom. The van der Waals surface area contributed by atoms with Crippen molar-refractivity contribution in [1.29, 1.82) is 0 Å². The molecule has 1 aliphatic rings. The zero-order chi connectivity index (χ0) is 10.9. The van der Waals surface area contributed by atoms with Crippen LogP contribution < -0.4 is 5.32 Å². The van der Waals surface area contributed by atoms with Crippen LogP contribution in [0.5, 0.6) is 0 Å². The maximum Gasteiger partial charge on any atom is 0.323 e. The van der Waals surface area contributed by atoms with Gasteiger partial charge in [-0.2, -0.15) is 0 Å². The van der Waals surface area contributed by atoms with Gasteiger partial charge in [0.05, 0.1) is 6.26 Å². The first-order valence-electron chi connectivity index (χ1n) is 5.14. The van der Waals surface area contributed by atoms with Gasteiger partial charge in [-0.1, -0.05) is 0 Å². The number of piperidine rings is 1. The fourth-order valence-corrected chi connectivity index (χ4v) is 2.12. The quantitative estimate of drug-likeness (QED) is 0.776. The summed E-state index contributed by atoms with van der Waals surface area (Å²) in [6.07, 6.45) is 3.14. The minimum absolute atomic E-state index is 0.211. The third-order valence-electron chi connectivity index (χ3n) is 3.08. The van der Waals surface area contributed by atoms with E-state index in [1.165, 1.54) is 0 Å². The van der Waals surface area contributed by atoms with Gasteiger partial charge in [-0.15, -0.1) is 0 Å². The molecular weight excluding hydrogens is 194 g/mol. The molecule has 1 saturated heterocycles. The summed E-state index contributed by atoms with van der Waals surface area (Å²) in [7, 11) is 0. The summed E-state index contributed by atoms with van der Waals surface area (Å²) < 4.78 is 5.33. The summed E-state index contributed by atoms with van der Waals surface area (Å²) in [5.74, 6) is 0.310. The number of hydrogen-bond donors (Lipinski definition) is 2. The van der Waals surface area contributed by atoms with Crippen LogP contribution in [-0.2, 0) is 4.79 Å². The van der Waals surface area contributed by atoms with E-state index in [2.05, 4.69) is 5.32 Å². The van der Waals surface area contributed by atoms with Crippen molar-refractivity contribution in [3.8, 4) is 0 Å². The van der Waals surface area contributed by atoms with Crippen molar-refractivity contribution >= 4 is 5.97 Å². The molecule has 15 heavy (non-hydrogen) atoms. The number of hydrogen-bond acceptors (Lipinski definition) is 3. The van der Waals surface area contributed by atoms with Gasteiger partial charge in [0.15, 0.2) is 0 Å². The third-order valence-corrected chi connectivity index (χ3v) is 3.08. The number of nitrogens with one attached hydrogen (secondary N) is 1. The van der Waals surface area contributed by atoms with E-state index >= 15 is 0 Å². The molecule has 82 valence electrons. The summed E-state index contributed by atoms with van der Waals surface area (Å²) in [5.41, 5.74) is -0.824. The van der Waals surface area contributed by atoms with Gasteiger partial charge in [0.25, 0.3) is 0 Å². The maximum absolute atomic E-state index is 11.1. The molecule has 2 heterocycles. The average Bonchev–Trinajstić information content (AvgIpc) is 2.70. The molecule has 4 heteroatoms. The van der Waals surface area contributed by atoms with Crippen molar-refractivity contribution in [3.05, 3.63) is 24.2 Å². The van der Waals surface area contributed by atoms with Crippen LogP contribution in [0.15, 0.2) is 22.8 Å². The lowest BCUT2D eigenvalue weighted by Gasteiger charge is -2.35. The molecule has 0 bridgehead atoms. The summed E-state index contributed by atoms with van der Waals surface area (Å²) in [5, 5.41) is 12.2. The molecule has 2 rings (SSSR count). The molecule has 0 aromatic carbocycles. The molecule has 2 unspecified atom stereocenters. The van der Waals surface area contributed by atoms with Gasteiger partial charge < -0.3 is 14.8 Å². The van der Waals surface area contributed by atoms with Crippen LogP contribution in [0.2, 0.25) is 0 Å². The van der Waals surface area contributed by atoms with E-state index in [1.807, 2.05) is 12.1 Å². The van der Waals surface area contributed by atoms with Crippen molar-refractivity contribution < 1.29 is 14.3 Å². The molecule has 1 aromatic heterocycles. The zero-order valence-corrected chi connectivity index (χ0v) is 8.69. The lowest BCUT2D eigenvalue weighted by molar-refractivity contribution is -0.145. The van der Waals surface area contributed by atoms with Crippen LogP contribution in [0.4, 0.5) is 0 Å².